The van der Waals surface area contributed by atoms with Crippen molar-refractivity contribution in [2.75, 3.05) is 11.9 Å². The van der Waals surface area contributed by atoms with Crippen molar-refractivity contribution in [1.29, 1.82) is 0 Å². The molecule has 0 radical (unpaired) electrons. The Morgan fingerprint density at radius 1 is 1.38 bits per heavy atom. The van der Waals surface area contributed by atoms with E-state index in [1.807, 2.05) is 0 Å². The highest BCUT2D eigenvalue weighted by Crippen LogP contribution is 2.24. The number of nitrogens with one attached hydrogen (secondary N) is 1. The monoisotopic (exact) mass is 361 g/mol. The minimum Gasteiger partial charge on any atom is -0.444 e. The molecule has 2 rings (SSSR count). The first-order valence-electron chi connectivity index (χ1n) is 7.22. The average molecular weight is 361 g/mol. The summed E-state index contributed by atoms with van der Waals surface area (Å²) in [6.07, 6.45) is -1.22. The molecule has 0 aromatic carbocycles. The minimum absolute atomic E-state index is 0. The van der Waals surface area contributed by atoms with Crippen LogP contribution in [0.4, 0.5) is 19.4 Å². The van der Waals surface area contributed by atoms with Gasteiger partial charge in [0.15, 0.2) is 0 Å². The number of ether oxygens (including phenoxy) is 1. The zero-order chi connectivity index (χ0) is 17.2. The fraction of sp³-hybridized carbons (Fsp3) is 0.533. The summed E-state index contributed by atoms with van der Waals surface area (Å²) in [5, 5.41) is 2.45. The maximum atomic E-state index is 13.7. The summed E-state index contributed by atoms with van der Waals surface area (Å²) >= 11 is 0. The molecule has 1 aliphatic heterocycles. The lowest BCUT2D eigenvalue weighted by Crippen LogP contribution is -2.45. The molecule has 1 saturated heterocycles. The molecule has 1 aromatic rings. The Bertz CT molecular complexity index is 593. The van der Waals surface area contributed by atoms with Crippen LogP contribution in [-0.4, -0.2) is 46.2 Å². The summed E-state index contributed by atoms with van der Waals surface area (Å²) in [5.74, 6) is -0.999. The number of hydrogen-bond acceptors (Lipinski definition) is 4. The van der Waals surface area contributed by atoms with Gasteiger partial charge in [-0.2, -0.15) is 13.5 Å². The maximum Gasteiger partial charge on any atom is 0.411 e. The number of pyridine rings is 1. The first kappa shape index (κ1) is 20.1. The number of rotatable bonds is 2. The molecule has 24 heavy (non-hydrogen) atoms. The lowest BCUT2D eigenvalue weighted by atomic mass is 10.2. The van der Waals surface area contributed by atoms with Gasteiger partial charge in [0.2, 0.25) is 5.91 Å². The lowest BCUT2D eigenvalue weighted by molar-refractivity contribution is -0.120. The standard InChI is InChI=1S/C15H19F2N3O3.H2S/c1-15(2,3)23-14(22)20-8-10(17)6-11(20)13(21)19-12-5-4-9(16)7-18-12;/h4-5,7,10-11H,6,8H2,1-3H3,(H,18,19,21);1H2/t10-,11+;/m1./s1. The van der Waals surface area contributed by atoms with Gasteiger partial charge in [0.1, 0.15) is 29.4 Å². The van der Waals surface area contributed by atoms with Gasteiger partial charge in [0, 0.05) is 6.42 Å². The molecule has 1 aliphatic rings. The van der Waals surface area contributed by atoms with Crippen molar-refractivity contribution < 1.29 is 23.1 Å². The number of aromatic nitrogens is 1. The van der Waals surface area contributed by atoms with Gasteiger partial charge in [0.05, 0.1) is 12.7 Å². The third-order valence-corrected chi connectivity index (χ3v) is 3.16. The molecule has 134 valence electrons. The second-order valence-corrected chi connectivity index (χ2v) is 6.33. The quantitative estimate of drug-likeness (QED) is 0.879. The van der Waals surface area contributed by atoms with Crippen LogP contribution in [-0.2, 0) is 9.53 Å². The molecule has 2 atom stereocenters. The fourth-order valence-corrected chi connectivity index (χ4v) is 2.21. The normalized spacial score (nSPS) is 20.3. The van der Waals surface area contributed by atoms with Gasteiger partial charge < -0.3 is 10.1 Å². The number of likely N-dealkylation sites (tertiary alicyclic amines) is 1. The third-order valence-electron chi connectivity index (χ3n) is 3.16. The van der Waals surface area contributed by atoms with Crippen LogP contribution in [0, 0.1) is 5.82 Å². The Morgan fingerprint density at radius 2 is 2.04 bits per heavy atom. The van der Waals surface area contributed by atoms with Crippen molar-refractivity contribution in [2.24, 2.45) is 0 Å². The first-order valence-corrected chi connectivity index (χ1v) is 7.22. The summed E-state index contributed by atoms with van der Waals surface area (Å²) in [6.45, 7) is 4.85. The molecule has 1 N–H and O–H groups in total. The average Bonchev–Trinajstić information content (AvgIpc) is 2.82. The van der Waals surface area contributed by atoms with Crippen LogP contribution in [0.1, 0.15) is 27.2 Å². The SMILES string of the molecule is CC(C)(C)OC(=O)N1C[C@H](F)C[C@H]1C(=O)Nc1ccc(F)cn1.S. The van der Waals surface area contributed by atoms with E-state index in [-0.39, 0.29) is 32.3 Å². The number of hydrogen-bond donors (Lipinski definition) is 1. The molecule has 2 heterocycles. The van der Waals surface area contributed by atoms with Gasteiger partial charge >= 0.3 is 6.09 Å². The summed E-state index contributed by atoms with van der Waals surface area (Å²) in [6, 6.07) is 1.43. The van der Waals surface area contributed by atoms with E-state index >= 15 is 0 Å². The Labute approximate surface area is 146 Å². The summed E-state index contributed by atoms with van der Waals surface area (Å²) < 4.78 is 31.7. The lowest BCUT2D eigenvalue weighted by Gasteiger charge is -2.27. The maximum absolute atomic E-state index is 13.7. The van der Waals surface area contributed by atoms with Crippen LogP contribution < -0.4 is 5.32 Å². The summed E-state index contributed by atoms with van der Waals surface area (Å²) in [5.41, 5.74) is -0.745. The molecular formula is C15H21F2N3O3S. The van der Waals surface area contributed by atoms with Crippen LogP contribution in [0.25, 0.3) is 0 Å². The predicted molar refractivity (Wildman–Crippen MR) is 89.4 cm³/mol. The van der Waals surface area contributed by atoms with E-state index in [1.54, 1.807) is 20.8 Å². The van der Waals surface area contributed by atoms with E-state index in [2.05, 4.69) is 10.3 Å². The molecule has 1 fully saturated rings. The van der Waals surface area contributed by atoms with Gasteiger partial charge in [0.25, 0.3) is 0 Å². The number of carbonyl (C=O) groups is 2. The van der Waals surface area contributed by atoms with Gasteiger partial charge in [-0.3, -0.25) is 9.69 Å². The zero-order valence-electron chi connectivity index (χ0n) is 13.7. The van der Waals surface area contributed by atoms with Crippen LogP contribution in [0.3, 0.4) is 0 Å². The molecule has 2 amide bonds. The van der Waals surface area contributed by atoms with Crippen molar-refractivity contribution in [1.82, 2.24) is 9.88 Å². The van der Waals surface area contributed by atoms with E-state index in [9.17, 15) is 18.4 Å². The Morgan fingerprint density at radius 3 is 2.58 bits per heavy atom. The van der Waals surface area contributed by atoms with Crippen molar-refractivity contribution in [3.63, 3.8) is 0 Å². The summed E-state index contributed by atoms with van der Waals surface area (Å²) in [4.78, 5) is 29.1. The first-order chi connectivity index (χ1) is 10.7. The summed E-state index contributed by atoms with van der Waals surface area (Å²) in [7, 11) is 0. The number of anilines is 1. The van der Waals surface area contributed by atoms with Crippen molar-refractivity contribution in [3.05, 3.63) is 24.1 Å². The topological polar surface area (TPSA) is 71.5 Å². The van der Waals surface area contributed by atoms with Gasteiger partial charge in [-0.15, -0.1) is 0 Å². The van der Waals surface area contributed by atoms with E-state index in [0.29, 0.717) is 0 Å². The molecule has 0 aliphatic carbocycles. The highest BCUT2D eigenvalue weighted by Gasteiger charge is 2.41. The molecule has 0 unspecified atom stereocenters. The number of carbonyl (C=O) groups excluding carboxylic acids is 2. The molecule has 0 bridgehead atoms. The van der Waals surface area contributed by atoms with Crippen LogP contribution in [0.5, 0.6) is 0 Å². The van der Waals surface area contributed by atoms with E-state index in [4.69, 9.17) is 4.74 Å². The van der Waals surface area contributed by atoms with Gasteiger partial charge in [-0.05, 0) is 32.9 Å². The predicted octanol–water partition coefficient (Wildman–Crippen LogP) is 2.62. The van der Waals surface area contributed by atoms with E-state index in [0.717, 1.165) is 17.2 Å². The molecule has 9 heteroatoms. The van der Waals surface area contributed by atoms with Crippen LogP contribution in [0.2, 0.25) is 0 Å². The van der Waals surface area contributed by atoms with E-state index in [1.165, 1.54) is 6.07 Å². The number of nitrogens with zero attached hydrogens (tertiary/aromatic N) is 2. The Balaban J connectivity index is 0.00000288. The highest BCUT2D eigenvalue weighted by molar-refractivity contribution is 7.59. The highest BCUT2D eigenvalue weighted by atomic mass is 32.1. The van der Waals surface area contributed by atoms with Crippen molar-refractivity contribution in [3.8, 4) is 0 Å². The number of alkyl halides is 1. The third kappa shape index (κ3) is 5.33. The van der Waals surface area contributed by atoms with Gasteiger partial charge in [-0.25, -0.2) is 18.6 Å². The number of halogens is 2. The Kier molecular flexibility index (Phi) is 6.53. The Hall–Kier alpha value is -1.90. The van der Waals surface area contributed by atoms with Crippen LogP contribution >= 0.6 is 13.5 Å². The van der Waals surface area contributed by atoms with Crippen LogP contribution in [0.15, 0.2) is 18.3 Å². The molecule has 0 saturated carbocycles. The minimum atomic E-state index is -1.31. The zero-order valence-corrected chi connectivity index (χ0v) is 14.7. The molecule has 0 spiro atoms. The van der Waals surface area contributed by atoms with Crippen molar-refractivity contribution in [2.45, 2.75) is 45.0 Å². The second kappa shape index (κ2) is 7.78. The molecule has 6 nitrogen and oxygen atoms in total. The van der Waals surface area contributed by atoms with E-state index < -0.39 is 35.6 Å². The largest absolute Gasteiger partial charge is 0.444 e. The number of amides is 2. The van der Waals surface area contributed by atoms with Gasteiger partial charge in [-0.1, -0.05) is 0 Å². The van der Waals surface area contributed by atoms with Crippen molar-refractivity contribution >= 4 is 31.3 Å². The molecule has 1 aromatic heterocycles. The fourth-order valence-electron chi connectivity index (χ4n) is 2.21. The second-order valence-electron chi connectivity index (χ2n) is 6.33. The smallest absolute Gasteiger partial charge is 0.411 e. The molecular weight excluding hydrogens is 340 g/mol.